The van der Waals surface area contributed by atoms with E-state index in [1.165, 1.54) is 10.8 Å². The molecule has 24 heavy (non-hydrogen) atoms. The summed E-state index contributed by atoms with van der Waals surface area (Å²) in [6.07, 6.45) is 0. The van der Waals surface area contributed by atoms with Crippen molar-refractivity contribution in [1.82, 2.24) is 0 Å². The van der Waals surface area contributed by atoms with Crippen molar-refractivity contribution in [2.24, 2.45) is 0 Å². The molecule has 2 nitrogen and oxygen atoms in total. The van der Waals surface area contributed by atoms with E-state index in [2.05, 4.69) is 0 Å². The second-order valence-corrected chi connectivity index (χ2v) is 7.64. The normalized spacial score (nSPS) is 11.2. The van der Waals surface area contributed by atoms with Crippen molar-refractivity contribution in [1.29, 1.82) is 0 Å². The predicted molar refractivity (Wildman–Crippen MR) is 103 cm³/mol. The van der Waals surface area contributed by atoms with Crippen molar-refractivity contribution < 1.29 is 10.2 Å². The van der Waals surface area contributed by atoms with Crippen molar-refractivity contribution >= 4 is 43.1 Å². The fourth-order valence-corrected chi connectivity index (χ4v) is 4.98. The SMILES string of the molecule is Oc1c(SSc2ccc(O)c3ccccc23)ccc2ccccc12. The van der Waals surface area contributed by atoms with Gasteiger partial charge in [0.25, 0.3) is 0 Å². The molecule has 0 spiro atoms. The fraction of sp³-hybridized carbons (Fsp3) is 0. The van der Waals surface area contributed by atoms with Gasteiger partial charge in [-0.1, -0.05) is 65.4 Å². The van der Waals surface area contributed by atoms with E-state index >= 15 is 0 Å². The van der Waals surface area contributed by atoms with Gasteiger partial charge >= 0.3 is 0 Å². The van der Waals surface area contributed by atoms with Crippen molar-refractivity contribution in [3.63, 3.8) is 0 Å². The zero-order valence-electron chi connectivity index (χ0n) is 12.6. The first-order chi connectivity index (χ1) is 11.7. The summed E-state index contributed by atoms with van der Waals surface area (Å²) in [5.74, 6) is 0.599. The third-order valence-electron chi connectivity index (χ3n) is 3.95. The van der Waals surface area contributed by atoms with Crippen LogP contribution in [-0.4, -0.2) is 10.2 Å². The minimum Gasteiger partial charge on any atom is -0.507 e. The Morgan fingerprint density at radius 2 is 1.17 bits per heavy atom. The van der Waals surface area contributed by atoms with Crippen LogP contribution in [0.5, 0.6) is 11.5 Å². The maximum absolute atomic E-state index is 10.5. The lowest BCUT2D eigenvalue weighted by Crippen LogP contribution is -1.79. The first-order valence-electron chi connectivity index (χ1n) is 7.50. The molecule has 4 aromatic rings. The van der Waals surface area contributed by atoms with Crippen molar-refractivity contribution in [2.45, 2.75) is 9.79 Å². The first-order valence-corrected chi connectivity index (χ1v) is 9.65. The highest BCUT2D eigenvalue weighted by atomic mass is 33.1. The minimum absolute atomic E-state index is 0.286. The van der Waals surface area contributed by atoms with E-state index in [4.69, 9.17) is 0 Å². The molecule has 0 saturated carbocycles. The summed E-state index contributed by atoms with van der Waals surface area (Å²) >= 11 is 0. The largest absolute Gasteiger partial charge is 0.507 e. The lowest BCUT2D eigenvalue weighted by molar-refractivity contribution is 0.469. The summed E-state index contributed by atoms with van der Waals surface area (Å²) in [6, 6.07) is 23.2. The molecule has 0 atom stereocenters. The van der Waals surface area contributed by atoms with Crippen molar-refractivity contribution in [2.75, 3.05) is 0 Å². The molecular formula is C20H14O2S2. The Hall–Kier alpha value is -2.30. The molecule has 4 aromatic carbocycles. The number of hydrogen-bond donors (Lipinski definition) is 2. The topological polar surface area (TPSA) is 40.5 Å². The fourth-order valence-electron chi connectivity index (χ4n) is 2.72. The number of aromatic hydroxyl groups is 2. The third kappa shape index (κ3) is 2.68. The average molecular weight is 350 g/mol. The second kappa shape index (κ2) is 6.30. The van der Waals surface area contributed by atoms with Gasteiger partial charge in [-0.3, -0.25) is 0 Å². The Morgan fingerprint density at radius 1 is 0.542 bits per heavy atom. The number of benzene rings is 4. The Bertz CT molecular complexity index is 1040. The first kappa shape index (κ1) is 15.2. The van der Waals surface area contributed by atoms with Gasteiger partial charge in [-0.15, -0.1) is 0 Å². The Labute approximate surface area is 147 Å². The van der Waals surface area contributed by atoms with Gasteiger partial charge < -0.3 is 10.2 Å². The van der Waals surface area contributed by atoms with Gasteiger partial charge in [-0.2, -0.15) is 0 Å². The van der Waals surface area contributed by atoms with Crippen LogP contribution in [0, 0.1) is 0 Å². The highest BCUT2D eigenvalue weighted by Crippen LogP contribution is 2.46. The molecule has 4 heteroatoms. The smallest absolute Gasteiger partial charge is 0.137 e. The summed E-state index contributed by atoms with van der Waals surface area (Å²) in [7, 11) is 3.10. The summed E-state index contributed by atoms with van der Waals surface area (Å²) < 4.78 is 0. The highest BCUT2D eigenvalue weighted by Gasteiger charge is 2.10. The molecule has 0 bridgehead atoms. The van der Waals surface area contributed by atoms with Crippen LogP contribution in [0.1, 0.15) is 0 Å². The number of phenols is 2. The molecule has 0 unspecified atom stereocenters. The van der Waals surface area contributed by atoms with E-state index in [-0.39, 0.29) is 5.75 Å². The summed E-state index contributed by atoms with van der Waals surface area (Å²) in [5.41, 5.74) is 0. The van der Waals surface area contributed by atoms with Gasteiger partial charge in [0, 0.05) is 15.7 Å². The van der Waals surface area contributed by atoms with E-state index in [0.29, 0.717) is 5.75 Å². The van der Waals surface area contributed by atoms with Gasteiger partial charge in [0.05, 0.1) is 4.90 Å². The van der Waals surface area contributed by atoms with Crippen LogP contribution in [0.2, 0.25) is 0 Å². The molecule has 0 amide bonds. The van der Waals surface area contributed by atoms with Crippen molar-refractivity contribution in [3.8, 4) is 11.5 Å². The van der Waals surface area contributed by atoms with Crippen molar-refractivity contribution in [3.05, 3.63) is 72.8 Å². The molecule has 2 N–H and O–H groups in total. The molecule has 0 aliphatic rings. The highest BCUT2D eigenvalue weighted by molar-refractivity contribution is 8.76. The third-order valence-corrected chi connectivity index (χ3v) is 6.40. The van der Waals surface area contributed by atoms with E-state index in [1.54, 1.807) is 16.9 Å². The molecule has 0 aliphatic carbocycles. The second-order valence-electron chi connectivity index (χ2n) is 5.43. The summed E-state index contributed by atoms with van der Waals surface area (Å²) in [5, 5.41) is 24.2. The quantitative estimate of drug-likeness (QED) is 0.431. The van der Waals surface area contributed by atoms with Crippen LogP contribution < -0.4 is 0 Å². The number of fused-ring (bicyclic) bond motifs is 2. The Morgan fingerprint density at radius 3 is 2.00 bits per heavy atom. The molecule has 0 radical (unpaired) electrons. The lowest BCUT2D eigenvalue weighted by atomic mass is 10.1. The molecule has 0 saturated heterocycles. The molecule has 0 heterocycles. The maximum Gasteiger partial charge on any atom is 0.137 e. The van der Waals surface area contributed by atoms with Crippen LogP contribution in [-0.2, 0) is 0 Å². The van der Waals surface area contributed by atoms with Gasteiger partial charge in [0.1, 0.15) is 11.5 Å². The standard InChI is InChI=1S/C20H14O2S2/c21-17-10-12-18(16-8-4-3-7-15(16)17)23-24-19-11-9-13-5-1-2-6-14(13)20(19)22/h1-12,21-22H. The van der Waals surface area contributed by atoms with Crippen LogP contribution in [0.3, 0.4) is 0 Å². The van der Waals surface area contributed by atoms with Gasteiger partial charge in [0.2, 0.25) is 0 Å². The van der Waals surface area contributed by atoms with E-state index < -0.39 is 0 Å². The average Bonchev–Trinajstić information content (AvgIpc) is 2.63. The molecule has 118 valence electrons. The van der Waals surface area contributed by atoms with Crippen LogP contribution in [0.25, 0.3) is 21.5 Å². The Kier molecular flexibility index (Phi) is 4.00. The van der Waals surface area contributed by atoms with Crippen LogP contribution >= 0.6 is 21.6 Å². The van der Waals surface area contributed by atoms with Crippen LogP contribution in [0.4, 0.5) is 0 Å². The summed E-state index contributed by atoms with van der Waals surface area (Å²) in [6.45, 7) is 0. The van der Waals surface area contributed by atoms with Gasteiger partial charge in [-0.05, 0) is 39.8 Å². The zero-order chi connectivity index (χ0) is 16.5. The van der Waals surface area contributed by atoms with E-state index in [9.17, 15) is 10.2 Å². The summed E-state index contributed by atoms with van der Waals surface area (Å²) in [4.78, 5) is 1.89. The van der Waals surface area contributed by atoms with E-state index in [0.717, 1.165) is 31.3 Å². The minimum atomic E-state index is 0.286. The molecule has 4 rings (SSSR count). The number of phenolic OH excluding ortho intramolecular Hbond substituents is 2. The molecule has 0 fully saturated rings. The Balaban J connectivity index is 1.69. The molecule has 0 aliphatic heterocycles. The molecule has 0 aromatic heterocycles. The zero-order valence-corrected chi connectivity index (χ0v) is 14.3. The lowest BCUT2D eigenvalue weighted by Gasteiger charge is -2.09. The van der Waals surface area contributed by atoms with Crippen LogP contribution in [0.15, 0.2) is 82.6 Å². The van der Waals surface area contributed by atoms with Gasteiger partial charge in [-0.25, -0.2) is 0 Å². The number of rotatable bonds is 3. The van der Waals surface area contributed by atoms with E-state index in [1.807, 2.05) is 66.7 Å². The monoisotopic (exact) mass is 350 g/mol. The molecular weight excluding hydrogens is 336 g/mol. The maximum atomic E-state index is 10.5. The van der Waals surface area contributed by atoms with Gasteiger partial charge in [0.15, 0.2) is 0 Å². The predicted octanol–water partition coefficient (Wildman–Crippen LogP) is 6.20. The number of hydrogen-bond acceptors (Lipinski definition) is 4.